The molecule has 0 aliphatic heterocycles. The van der Waals surface area contributed by atoms with Crippen molar-refractivity contribution in [2.24, 2.45) is 5.18 Å². The summed E-state index contributed by atoms with van der Waals surface area (Å²) in [6, 6.07) is 7.66. The lowest BCUT2D eigenvalue weighted by Gasteiger charge is -2.31. The second-order valence-electron chi connectivity index (χ2n) is 3.41. The highest BCUT2D eigenvalue weighted by atomic mass is 35.5. The molecule has 1 aromatic carbocycles. The van der Waals surface area contributed by atoms with Crippen LogP contribution in [0.15, 0.2) is 29.4 Å². The third-order valence-electron chi connectivity index (χ3n) is 2.67. The van der Waals surface area contributed by atoms with Crippen molar-refractivity contribution in [1.82, 2.24) is 0 Å². The van der Waals surface area contributed by atoms with Gasteiger partial charge >= 0.3 is 0 Å². The Labute approximate surface area is 81.9 Å². The van der Waals surface area contributed by atoms with Gasteiger partial charge in [0.1, 0.15) is 0 Å². The van der Waals surface area contributed by atoms with E-state index in [1.807, 2.05) is 24.3 Å². The number of benzene rings is 1. The van der Waals surface area contributed by atoms with Crippen LogP contribution in [-0.2, 0) is 0 Å². The van der Waals surface area contributed by atoms with E-state index in [1.54, 1.807) is 0 Å². The SMILES string of the molecule is O=NC1CCC1c1ccc(Cl)cc1. The number of nitroso groups, excluding NO2 is 1. The molecule has 1 aliphatic rings. The van der Waals surface area contributed by atoms with Gasteiger partial charge in [0, 0.05) is 10.9 Å². The first kappa shape index (κ1) is 8.70. The molecule has 0 saturated heterocycles. The summed E-state index contributed by atoms with van der Waals surface area (Å²) in [6.45, 7) is 0. The molecule has 68 valence electrons. The van der Waals surface area contributed by atoms with Gasteiger partial charge in [-0.2, -0.15) is 4.91 Å². The lowest BCUT2D eigenvalue weighted by molar-refractivity contribution is 0.347. The van der Waals surface area contributed by atoms with Crippen LogP contribution in [0.25, 0.3) is 0 Å². The zero-order valence-electron chi connectivity index (χ0n) is 7.11. The third kappa shape index (κ3) is 1.59. The van der Waals surface area contributed by atoms with Gasteiger partial charge in [0.15, 0.2) is 0 Å². The van der Waals surface area contributed by atoms with Crippen molar-refractivity contribution < 1.29 is 0 Å². The van der Waals surface area contributed by atoms with Crippen LogP contribution in [0.3, 0.4) is 0 Å². The number of halogens is 1. The van der Waals surface area contributed by atoms with Crippen molar-refractivity contribution >= 4 is 11.6 Å². The highest BCUT2D eigenvalue weighted by molar-refractivity contribution is 6.30. The minimum atomic E-state index is -0.0128. The van der Waals surface area contributed by atoms with Crippen LogP contribution in [-0.4, -0.2) is 6.04 Å². The summed E-state index contributed by atoms with van der Waals surface area (Å²) in [6.07, 6.45) is 1.99. The molecular formula is C10H10ClNO. The van der Waals surface area contributed by atoms with Crippen LogP contribution in [0.5, 0.6) is 0 Å². The topological polar surface area (TPSA) is 29.4 Å². The molecule has 2 atom stereocenters. The molecule has 0 bridgehead atoms. The van der Waals surface area contributed by atoms with E-state index in [4.69, 9.17) is 11.6 Å². The first-order valence-electron chi connectivity index (χ1n) is 4.39. The predicted octanol–water partition coefficient (Wildman–Crippen LogP) is 3.35. The smallest absolute Gasteiger partial charge is 0.0988 e. The van der Waals surface area contributed by atoms with Crippen LogP contribution in [0.4, 0.5) is 0 Å². The monoisotopic (exact) mass is 195 g/mol. The molecule has 2 unspecified atom stereocenters. The standard InChI is InChI=1S/C10H10ClNO/c11-8-3-1-7(2-4-8)9-5-6-10(9)12-13/h1-4,9-10H,5-6H2. The van der Waals surface area contributed by atoms with E-state index >= 15 is 0 Å². The van der Waals surface area contributed by atoms with E-state index in [9.17, 15) is 4.91 Å². The summed E-state index contributed by atoms with van der Waals surface area (Å²) in [5.41, 5.74) is 1.18. The Balaban J connectivity index is 2.17. The van der Waals surface area contributed by atoms with Crippen LogP contribution in [0.1, 0.15) is 24.3 Å². The molecule has 2 nitrogen and oxygen atoms in total. The molecule has 13 heavy (non-hydrogen) atoms. The quantitative estimate of drug-likeness (QED) is 0.666. The first-order chi connectivity index (χ1) is 6.31. The Morgan fingerprint density at radius 3 is 2.38 bits per heavy atom. The minimum Gasteiger partial charge on any atom is -0.150 e. The van der Waals surface area contributed by atoms with Gasteiger partial charge in [0.2, 0.25) is 0 Å². The van der Waals surface area contributed by atoms with Crippen LogP contribution >= 0.6 is 11.6 Å². The number of rotatable bonds is 2. The Morgan fingerprint density at radius 2 is 1.92 bits per heavy atom. The molecule has 0 N–H and O–H groups in total. The van der Waals surface area contributed by atoms with Crippen LogP contribution in [0, 0.1) is 4.91 Å². The molecule has 3 heteroatoms. The molecule has 1 aliphatic carbocycles. The Morgan fingerprint density at radius 1 is 1.23 bits per heavy atom. The molecule has 0 spiro atoms. The fraction of sp³-hybridized carbons (Fsp3) is 0.400. The van der Waals surface area contributed by atoms with E-state index in [0.717, 1.165) is 17.9 Å². The lowest BCUT2D eigenvalue weighted by Crippen LogP contribution is -2.26. The normalized spacial score (nSPS) is 26.5. The maximum atomic E-state index is 10.4. The van der Waals surface area contributed by atoms with E-state index in [2.05, 4.69) is 5.18 Å². The zero-order chi connectivity index (χ0) is 9.26. The van der Waals surface area contributed by atoms with E-state index in [0.29, 0.717) is 5.92 Å². The van der Waals surface area contributed by atoms with Crippen molar-refractivity contribution in [3.8, 4) is 0 Å². The Hall–Kier alpha value is -0.890. The maximum Gasteiger partial charge on any atom is 0.0988 e. The average molecular weight is 196 g/mol. The van der Waals surface area contributed by atoms with Gasteiger partial charge in [0.25, 0.3) is 0 Å². The van der Waals surface area contributed by atoms with E-state index < -0.39 is 0 Å². The summed E-state index contributed by atoms with van der Waals surface area (Å²) in [4.78, 5) is 10.4. The zero-order valence-corrected chi connectivity index (χ0v) is 7.87. The molecule has 0 heterocycles. The molecule has 1 fully saturated rings. The minimum absolute atomic E-state index is 0.0128. The number of hydrogen-bond donors (Lipinski definition) is 0. The third-order valence-corrected chi connectivity index (χ3v) is 2.92. The fourth-order valence-electron chi connectivity index (χ4n) is 1.71. The van der Waals surface area contributed by atoms with Gasteiger partial charge in [-0.15, -0.1) is 0 Å². The van der Waals surface area contributed by atoms with Gasteiger partial charge in [0.05, 0.1) is 6.04 Å². The summed E-state index contributed by atoms with van der Waals surface area (Å²) in [7, 11) is 0. The highest BCUT2D eigenvalue weighted by Gasteiger charge is 2.32. The molecule has 0 aromatic heterocycles. The van der Waals surface area contributed by atoms with Crippen molar-refractivity contribution in [2.45, 2.75) is 24.8 Å². The van der Waals surface area contributed by atoms with Gasteiger partial charge < -0.3 is 0 Å². The Kier molecular flexibility index (Phi) is 2.32. The second kappa shape index (κ2) is 3.46. The van der Waals surface area contributed by atoms with Crippen molar-refractivity contribution in [3.63, 3.8) is 0 Å². The average Bonchev–Trinajstić information content (AvgIpc) is 2.08. The lowest BCUT2D eigenvalue weighted by atomic mass is 9.76. The van der Waals surface area contributed by atoms with E-state index in [1.165, 1.54) is 5.56 Å². The van der Waals surface area contributed by atoms with Crippen molar-refractivity contribution in [3.05, 3.63) is 39.8 Å². The molecule has 0 amide bonds. The van der Waals surface area contributed by atoms with Crippen molar-refractivity contribution in [1.29, 1.82) is 0 Å². The molecule has 1 aromatic rings. The second-order valence-corrected chi connectivity index (χ2v) is 3.84. The highest BCUT2D eigenvalue weighted by Crippen LogP contribution is 2.39. The van der Waals surface area contributed by atoms with E-state index in [-0.39, 0.29) is 6.04 Å². The summed E-state index contributed by atoms with van der Waals surface area (Å²) >= 11 is 5.76. The fourth-order valence-corrected chi connectivity index (χ4v) is 1.83. The van der Waals surface area contributed by atoms with Crippen molar-refractivity contribution in [2.75, 3.05) is 0 Å². The summed E-state index contributed by atoms with van der Waals surface area (Å²) in [5, 5.41) is 3.83. The van der Waals surface area contributed by atoms with Gasteiger partial charge in [-0.25, -0.2) is 0 Å². The number of hydrogen-bond acceptors (Lipinski definition) is 2. The predicted molar refractivity (Wildman–Crippen MR) is 53.0 cm³/mol. The molecule has 1 saturated carbocycles. The molecule has 2 rings (SSSR count). The first-order valence-corrected chi connectivity index (χ1v) is 4.77. The summed E-state index contributed by atoms with van der Waals surface area (Å²) < 4.78 is 0. The van der Waals surface area contributed by atoms with Gasteiger partial charge in [-0.1, -0.05) is 28.9 Å². The largest absolute Gasteiger partial charge is 0.150 e. The van der Waals surface area contributed by atoms with Gasteiger partial charge in [-0.3, -0.25) is 0 Å². The number of nitrogens with zero attached hydrogens (tertiary/aromatic N) is 1. The van der Waals surface area contributed by atoms with Crippen LogP contribution in [0.2, 0.25) is 5.02 Å². The maximum absolute atomic E-state index is 10.4. The molecule has 0 radical (unpaired) electrons. The Bertz CT molecular complexity index is 309. The van der Waals surface area contributed by atoms with Gasteiger partial charge in [-0.05, 0) is 30.5 Å². The molecular weight excluding hydrogens is 186 g/mol. The van der Waals surface area contributed by atoms with Crippen LogP contribution < -0.4 is 0 Å². The summed E-state index contributed by atoms with van der Waals surface area (Å²) in [5.74, 6) is 0.328.